The Morgan fingerprint density at radius 3 is 0.635 bits per heavy atom. The van der Waals surface area contributed by atoms with Crippen molar-refractivity contribution in [1.82, 2.24) is 19.9 Å². The molecule has 14 N–H and O–H groups in total. The van der Waals surface area contributed by atoms with Gasteiger partial charge in [0.2, 0.25) is 0 Å². The van der Waals surface area contributed by atoms with Crippen LogP contribution in [0.5, 0.6) is 46.0 Å². The number of aromatic nitrogens is 4. The fourth-order valence-electron chi connectivity index (χ4n) is 11.2. The number of aromatic hydroxyl groups is 8. The highest BCUT2D eigenvalue weighted by molar-refractivity contribution is 6.02. The molecule has 0 radical (unpaired) electrons. The fourth-order valence-corrected chi connectivity index (χ4v) is 11.2. The first-order valence-corrected chi connectivity index (χ1v) is 29.6. The monoisotopic (exact) mass is 1260 g/mol. The average molecular weight is 1260 g/mol. The summed E-state index contributed by atoms with van der Waals surface area (Å²) in [6, 6.07) is 50.1. The van der Waals surface area contributed by atoms with Crippen LogP contribution in [0.4, 0.5) is 22.7 Å². The molecule has 3 aromatic heterocycles. The quantitative estimate of drug-likeness (QED) is 0.0320. The van der Waals surface area contributed by atoms with Crippen molar-refractivity contribution in [2.24, 2.45) is 20.0 Å². The minimum Gasteiger partial charge on any atom is -0.504 e. The maximum atomic E-state index is 10.7. The van der Waals surface area contributed by atoms with Gasteiger partial charge in [0.25, 0.3) is 0 Å². The molecule has 20 heteroatoms. The fraction of sp³-hybridized carbons (Fsp3) is 0. The average Bonchev–Trinajstić information content (AvgIpc) is 1.62. The Kier molecular flexibility index (Phi) is 16.4. The minimum atomic E-state index is -0.423. The summed E-state index contributed by atoms with van der Waals surface area (Å²) < 4.78 is 0. The maximum absolute atomic E-state index is 10.7. The third kappa shape index (κ3) is 11.8. The van der Waals surface area contributed by atoms with Gasteiger partial charge in [-0.2, -0.15) is 0 Å². The SMILES string of the molecule is N=Cc1ccc(C=Nc2ccc(-c3c4nc(c(-c5ccc(N=Cc6ccc(C=N)c(O)c6O)cc5)c5ccc([nH]5)c(-c5ccc(N=Cc6ccc(C=N)c(O)c6O)cc5)c5nc(c(-c6ccc(N=Cc7ccc(C=N)c(O)c7O)cc6)c6ccc3[nH]6)C=C5)C=C4)cc2)c(O)c1O. The first-order valence-electron chi connectivity index (χ1n) is 29.6. The molecule has 0 spiro atoms. The van der Waals surface area contributed by atoms with Crippen LogP contribution >= 0.6 is 0 Å². The lowest BCUT2D eigenvalue weighted by atomic mass is 10.0. The second-order valence-electron chi connectivity index (χ2n) is 22.1. The van der Waals surface area contributed by atoms with Crippen molar-refractivity contribution in [3.05, 3.63) is 237 Å². The summed E-state index contributed by atoms with van der Waals surface area (Å²) in [6.07, 6.45) is 17.3. The van der Waals surface area contributed by atoms with Gasteiger partial charge < -0.3 is 72.5 Å². The molecule has 11 aromatic rings. The van der Waals surface area contributed by atoms with Crippen LogP contribution in [0.2, 0.25) is 0 Å². The zero-order valence-electron chi connectivity index (χ0n) is 50.4. The van der Waals surface area contributed by atoms with Crippen LogP contribution in [0, 0.1) is 21.6 Å². The van der Waals surface area contributed by atoms with Gasteiger partial charge in [0.15, 0.2) is 46.0 Å². The van der Waals surface area contributed by atoms with Gasteiger partial charge in [-0.25, -0.2) is 9.97 Å². The first kappa shape index (κ1) is 61.0. The molecule has 5 heterocycles. The van der Waals surface area contributed by atoms with Gasteiger partial charge in [-0.05, 0) is 168 Å². The zero-order chi connectivity index (χ0) is 66.7. The Morgan fingerprint density at radius 1 is 0.250 bits per heavy atom. The van der Waals surface area contributed by atoms with E-state index in [0.717, 1.165) is 69.4 Å². The molecule has 8 bridgehead atoms. The summed E-state index contributed by atoms with van der Waals surface area (Å²) in [5, 5.41) is 115. The van der Waals surface area contributed by atoms with Crippen molar-refractivity contribution in [2.45, 2.75) is 0 Å². The van der Waals surface area contributed by atoms with Crippen LogP contribution in [-0.4, -0.2) is 111 Å². The predicted octanol–water partition coefficient (Wildman–Crippen LogP) is 16.0. The summed E-state index contributed by atoms with van der Waals surface area (Å²) in [5.74, 6) is -3.30. The van der Waals surface area contributed by atoms with Crippen LogP contribution in [0.3, 0.4) is 0 Å². The molecule has 96 heavy (non-hydrogen) atoms. The van der Waals surface area contributed by atoms with Gasteiger partial charge in [0.05, 0.1) is 45.5 Å². The van der Waals surface area contributed by atoms with Crippen LogP contribution in [0.1, 0.15) is 67.3 Å². The van der Waals surface area contributed by atoms with Crippen molar-refractivity contribution < 1.29 is 40.9 Å². The van der Waals surface area contributed by atoms with Crippen molar-refractivity contribution in [2.75, 3.05) is 0 Å². The lowest BCUT2D eigenvalue weighted by Gasteiger charge is -2.08. The number of aliphatic imine (C=N–C) groups is 4. The molecule has 0 unspecified atom stereocenters. The lowest BCUT2D eigenvalue weighted by molar-refractivity contribution is 0.402. The Hall–Kier alpha value is -13.9. The molecule has 466 valence electrons. The van der Waals surface area contributed by atoms with Gasteiger partial charge in [-0.3, -0.25) is 20.0 Å². The number of nitrogens with one attached hydrogen (secondary N) is 6. The molecule has 0 aliphatic carbocycles. The van der Waals surface area contributed by atoms with Gasteiger partial charge >= 0.3 is 0 Å². The molecule has 0 fully saturated rings. The van der Waals surface area contributed by atoms with E-state index >= 15 is 0 Å². The summed E-state index contributed by atoms with van der Waals surface area (Å²) in [5.41, 5.74) is 14.9. The van der Waals surface area contributed by atoms with E-state index in [4.69, 9.17) is 31.6 Å². The van der Waals surface area contributed by atoms with E-state index in [2.05, 4.69) is 29.9 Å². The summed E-state index contributed by atoms with van der Waals surface area (Å²) in [6.45, 7) is 0. The summed E-state index contributed by atoms with van der Waals surface area (Å²) in [4.78, 5) is 36.9. The van der Waals surface area contributed by atoms with Gasteiger partial charge in [-0.1, -0.05) is 48.5 Å². The molecular formula is C76H54N12O8. The van der Waals surface area contributed by atoms with Crippen molar-refractivity contribution >= 4 is 119 Å². The first-order chi connectivity index (χ1) is 46.7. The number of nitrogens with zero attached hydrogens (tertiary/aromatic N) is 6. The molecule has 0 saturated heterocycles. The topological polar surface area (TPSA) is 364 Å². The smallest absolute Gasteiger partial charge is 0.167 e. The Bertz CT molecular complexity index is 4740. The van der Waals surface area contributed by atoms with Gasteiger partial charge in [0, 0.05) is 139 Å². The molecule has 2 aliphatic rings. The molecule has 2 aliphatic heterocycles. The van der Waals surface area contributed by atoms with Crippen molar-refractivity contribution in [1.29, 1.82) is 21.6 Å². The largest absolute Gasteiger partial charge is 0.504 e. The highest BCUT2D eigenvalue weighted by Crippen LogP contribution is 2.42. The minimum absolute atomic E-state index is 0.160. The molecule has 13 rings (SSSR count). The lowest BCUT2D eigenvalue weighted by Crippen LogP contribution is -1.90. The standard InChI is InChI=1S/C76H54N12O8/c77-33-45-1-5-49(73(93)69(45)89)37-81-53-17-9-41(10-18-53)65-57-25-27-59(85-57)66(42-11-19-54(20-12-42)82-38-50-6-2-46(34-78)70(90)74(50)94)61-29-31-63(87-61)68(44-15-23-56(24-16-44)84-40-52-8-4-48(36-80)72(92)76(52)96)64-32-30-62(88-64)67(60-28-26-58(65)86-60)43-13-21-55(22-14-43)83-39-51-7-3-47(35-79)71(91)75(51)95/h1-40,77-80,85,88-96H. The van der Waals surface area contributed by atoms with E-state index < -0.39 is 46.0 Å². The highest BCUT2D eigenvalue weighted by Gasteiger charge is 2.21. The van der Waals surface area contributed by atoms with Gasteiger partial charge in [0.1, 0.15) is 0 Å². The highest BCUT2D eigenvalue weighted by atomic mass is 16.3. The molecule has 0 saturated carbocycles. The number of H-pyrrole nitrogens is 2. The second kappa shape index (κ2) is 25.8. The number of aromatic amines is 2. The van der Waals surface area contributed by atoms with E-state index in [-0.39, 0.29) is 44.5 Å². The van der Waals surface area contributed by atoms with Crippen molar-refractivity contribution in [3.63, 3.8) is 0 Å². The number of phenols is 8. The predicted molar refractivity (Wildman–Crippen MR) is 380 cm³/mol. The normalized spacial score (nSPS) is 12.0. The van der Waals surface area contributed by atoms with Crippen LogP contribution < -0.4 is 0 Å². The molecule has 0 amide bonds. The van der Waals surface area contributed by atoms with E-state index in [1.165, 1.54) is 49.1 Å². The van der Waals surface area contributed by atoms with Crippen LogP contribution in [-0.2, 0) is 0 Å². The molecule has 8 aromatic carbocycles. The van der Waals surface area contributed by atoms with E-state index in [1.807, 2.05) is 146 Å². The number of benzene rings is 8. The van der Waals surface area contributed by atoms with E-state index in [9.17, 15) is 40.9 Å². The third-order valence-electron chi connectivity index (χ3n) is 16.3. The Labute approximate surface area is 546 Å². The second-order valence-corrected chi connectivity index (χ2v) is 22.1. The maximum Gasteiger partial charge on any atom is 0.167 e. The van der Waals surface area contributed by atoms with Crippen LogP contribution in [0.15, 0.2) is 190 Å². The zero-order valence-corrected chi connectivity index (χ0v) is 50.4. The summed E-state index contributed by atoms with van der Waals surface area (Å²) >= 11 is 0. The third-order valence-corrected chi connectivity index (χ3v) is 16.3. The van der Waals surface area contributed by atoms with E-state index in [0.29, 0.717) is 67.6 Å². The number of phenolic OH excluding ortho intramolecular Hbond substituents is 8. The van der Waals surface area contributed by atoms with E-state index in [1.54, 1.807) is 24.3 Å². The number of fused-ring (bicyclic) bond motifs is 8. The molecular weight excluding hydrogens is 1210 g/mol. The van der Waals surface area contributed by atoms with Gasteiger partial charge in [-0.15, -0.1) is 0 Å². The Morgan fingerprint density at radius 2 is 0.438 bits per heavy atom. The molecule has 0 atom stereocenters. The molecule has 20 nitrogen and oxygen atoms in total. The van der Waals surface area contributed by atoms with Crippen molar-refractivity contribution in [3.8, 4) is 90.5 Å². The summed E-state index contributed by atoms with van der Waals surface area (Å²) in [7, 11) is 0. The van der Waals surface area contributed by atoms with Crippen LogP contribution in [0.25, 0.3) is 90.9 Å². The number of rotatable bonds is 16. The number of hydrogen-bond acceptors (Lipinski definition) is 18. The Balaban J connectivity index is 1.01. The number of hydrogen-bond donors (Lipinski definition) is 14.